The van der Waals surface area contributed by atoms with Crippen molar-refractivity contribution in [1.82, 2.24) is 19.7 Å². The topological polar surface area (TPSA) is 69.1 Å². The molecule has 42 heavy (non-hydrogen) atoms. The highest BCUT2D eigenvalue weighted by molar-refractivity contribution is 6.30. The normalized spacial score (nSPS) is 22.8. The Morgan fingerprint density at radius 3 is 2.40 bits per heavy atom. The van der Waals surface area contributed by atoms with E-state index >= 15 is 4.39 Å². The number of ether oxygens (including phenoxy) is 1. The summed E-state index contributed by atoms with van der Waals surface area (Å²) in [6.45, 7) is 5.81. The van der Waals surface area contributed by atoms with Gasteiger partial charge in [0.05, 0.1) is 40.6 Å². The number of carbonyl (C=O) groups excluding carboxylic acids is 1. The van der Waals surface area contributed by atoms with E-state index in [4.69, 9.17) is 27.9 Å². The quantitative estimate of drug-likeness (QED) is 0.355. The van der Waals surface area contributed by atoms with E-state index in [1.165, 1.54) is 12.3 Å². The molecule has 0 radical (unpaired) electrons. The number of β-amino-alcohol motifs (C(OH)–C–C–N with tert-alkyl or cyclic N) is 1. The molecular formula is C32H35Cl2FN4O3. The largest absolute Gasteiger partial charge is 0.384 e. The number of fused-ring (bicyclic) bond motifs is 1. The number of benzene rings is 2. The van der Waals surface area contributed by atoms with Crippen LogP contribution in [0, 0.1) is 11.7 Å². The average molecular weight is 614 g/mol. The zero-order valence-corrected chi connectivity index (χ0v) is 25.3. The fourth-order valence-electron chi connectivity index (χ4n) is 5.96. The van der Waals surface area contributed by atoms with Gasteiger partial charge in [0.15, 0.2) is 5.72 Å². The van der Waals surface area contributed by atoms with Crippen molar-refractivity contribution in [1.29, 1.82) is 0 Å². The molecule has 2 atom stereocenters. The highest BCUT2D eigenvalue weighted by Gasteiger charge is 2.55. The predicted octanol–water partition coefficient (Wildman–Crippen LogP) is 5.27. The number of likely N-dealkylation sites (N-methyl/N-ethyl adjacent to an activating group) is 1. The zero-order chi connectivity index (χ0) is 29.6. The summed E-state index contributed by atoms with van der Waals surface area (Å²) in [5.41, 5.74) is -1.10. The van der Waals surface area contributed by atoms with Gasteiger partial charge in [0.1, 0.15) is 5.82 Å². The zero-order valence-electron chi connectivity index (χ0n) is 23.8. The first-order valence-electron chi connectivity index (χ1n) is 14.4. The fraction of sp³-hybridized carbons (Fsp3) is 0.438. The first-order chi connectivity index (χ1) is 20.1. The minimum absolute atomic E-state index is 0.0600. The number of rotatable bonds is 9. The third-order valence-corrected chi connectivity index (χ3v) is 9.08. The van der Waals surface area contributed by atoms with E-state index in [1.54, 1.807) is 54.3 Å². The molecule has 6 rings (SSSR count). The van der Waals surface area contributed by atoms with Crippen LogP contribution in [0.25, 0.3) is 0 Å². The highest BCUT2D eigenvalue weighted by Crippen LogP contribution is 2.49. The predicted molar refractivity (Wildman–Crippen MR) is 160 cm³/mol. The Kier molecular flexibility index (Phi) is 8.06. The molecule has 0 bridgehead atoms. The Morgan fingerprint density at radius 1 is 1.07 bits per heavy atom. The average Bonchev–Trinajstić information content (AvgIpc) is 3.76. The second kappa shape index (κ2) is 11.5. The number of pyridine rings is 1. The molecule has 1 saturated heterocycles. The van der Waals surface area contributed by atoms with Crippen molar-refractivity contribution in [2.75, 3.05) is 46.4 Å². The molecule has 10 heteroatoms. The number of aliphatic hydroxyl groups is 1. The van der Waals surface area contributed by atoms with Crippen LogP contribution in [0.3, 0.4) is 0 Å². The van der Waals surface area contributed by atoms with Crippen molar-refractivity contribution in [3.8, 4) is 0 Å². The molecule has 1 unspecified atom stereocenters. The van der Waals surface area contributed by atoms with Crippen LogP contribution in [0.2, 0.25) is 10.0 Å². The van der Waals surface area contributed by atoms with E-state index in [2.05, 4.69) is 21.8 Å². The number of carbonyl (C=O) groups is 1. The molecule has 2 aliphatic heterocycles. The maximum absolute atomic E-state index is 16.6. The van der Waals surface area contributed by atoms with Gasteiger partial charge in [-0.25, -0.2) is 4.39 Å². The number of halogens is 3. The lowest BCUT2D eigenvalue weighted by atomic mass is 9.87. The molecule has 3 aromatic rings. The third-order valence-electron chi connectivity index (χ3n) is 8.60. The fourth-order valence-corrected chi connectivity index (χ4v) is 6.20. The van der Waals surface area contributed by atoms with Crippen molar-refractivity contribution in [3.63, 3.8) is 0 Å². The maximum Gasteiger partial charge on any atom is 0.257 e. The first kappa shape index (κ1) is 29.5. The van der Waals surface area contributed by atoms with Gasteiger partial charge in [-0.3, -0.25) is 19.6 Å². The van der Waals surface area contributed by atoms with Crippen molar-refractivity contribution >= 4 is 29.1 Å². The molecule has 2 aromatic carbocycles. The van der Waals surface area contributed by atoms with E-state index in [9.17, 15) is 9.90 Å². The van der Waals surface area contributed by atoms with Gasteiger partial charge in [-0.15, -0.1) is 0 Å². The summed E-state index contributed by atoms with van der Waals surface area (Å²) < 4.78 is 23.3. The Balaban J connectivity index is 1.46. The number of aromatic nitrogens is 1. The van der Waals surface area contributed by atoms with E-state index in [1.807, 2.05) is 0 Å². The Morgan fingerprint density at radius 2 is 1.76 bits per heavy atom. The van der Waals surface area contributed by atoms with E-state index < -0.39 is 23.1 Å². The number of nitrogens with zero attached hydrogens (tertiary/aromatic N) is 4. The van der Waals surface area contributed by atoms with E-state index in [-0.39, 0.29) is 17.7 Å². The van der Waals surface area contributed by atoms with Gasteiger partial charge in [-0.1, -0.05) is 35.3 Å². The van der Waals surface area contributed by atoms with E-state index in [0.717, 1.165) is 39.0 Å². The van der Waals surface area contributed by atoms with Crippen LogP contribution >= 0.6 is 23.2 Å². The molecule has 7 nitrogen and oxygen atoms in total. The molecule has 3 aliphatic rings. The molecule has 3 heterocycles. The molecule has 1 saturated carbocycles. The molecule has 222 valence electrons. The molecule has 2 fully saturated rings. The number of hydrogen-bond acceptors (Lipinski definition) is 6. The van der Waals surface area contributed by atoms with Crippen LogP contribution in [-0.2, 0) is 22.6 Å². The summed E-state index contributed by atoms with van der Waals surface area (Å²) in [4.78, 5) is 24.7. The maximum atomic E-state index is 16.6. The van der Waals surface area contributed by atoms with Crippen LogP contribution in [0.15, 0.2) is 54.7 Å². The minimum atomic E-state index is -1.55. The smallest absolute Gasteiger partial charge is 0.257 e. The SMILES string of the molecule is CN1CCN(CC(C)(O)c2cc(F)c3c(c2)C(=O)N(Cc2ccc(Cl)cn2)[C@@]3(OCC2CC2)c2ccc(Cl)cc2)CC1. The molecule has 0 spiro atoms. The number of piperazine rings is 1. The lowest BCUT2D eigenvalue weighted by molar-refractivity contribution is -0.117. The standard InChI is InChI=1S/C32H35Cl2FN4O3/c1-31(41,20-38-13-11-37(2)12-14-38)23-15-27-29(28(35)16-23)32(42-19-21-3-4-21,22-5-7-24(33)8-6-22)39(30(27)40)18-26-10-9-25(34)17-36-26/h5-10,15-17,21,41H,3-4,11-14,18-20H2,1-2H3/t31?,32-/m1/s1. The van der Waals surface area contributed by atoms with Crippen molar-refractivity contribution in [2.45, 2.75) is 37.6 Å². The molecule has 1 aromatic heterocycles. The molecule has 1 aliphatic carbocycles. The second-order valence-electron chi connectivity index (χ2n) is 12.0. The van der Waals surface area contributed by atoms with Crippen molar-refractivity contribution in [3.05, 3.63) is 98.5 Å². The summed E-state index contributed by atoms with van der Waals surface area (Å²) in [7, 11) is 2.07. The number of amides is 1. The van der Waals surface area contributed by atoms with Gasteiger partial charge in [0, 0.05) is 49.5 Å². The van der Waals surface area contributed by atoms with Gasteiger partial charge in [-0.05, 0) is 74.7 Å². The van der Waals surface area contributed by atoms with Crippen LogP contribution in [0.1, 0.15) is 52.5 Å². The van der Waals surface area contributed by atoms with Crippen molar-refractivity contribution in [2.24, 2.45) is 5.92 Å². The summed E-state index contributed by atoms with van der Waals surface area (Å²) in [5, 5.41) is 12.6. The summed E-state index contributed by atoms with van der Waals surface area (Å²) in [6.07, 6.45) is 3.56. The van der Waals surface area contributed by atoms with Crippen LogP contribution in [-0.4, -0.2) is 77.1 Å². The minimum Gasteiger partial charge on any atom is -0.384 e. The highest BCUT2D eigenvalue weighted by atomic mass is 35.5. The Labute approximate surface area is 255 Å². The van der Waals surface area contributed by atoms with Gasteiger partial charge >= 0.3 is 0 Å². The van der Waals surface area contributed by atoms with Gasteiger partial charge in [0.25, 0.3) is 5.91 Å². The van der Waals surface area contributed by atoms with Crippen LogP contribution in [0.4, 0.5) is 4.39 Å². The lowest BCUT2D eigenvalue weighted by Crippen LogP contribution is -2.49. The van der Waals surface area contributed by atoms with Gasteiger partial charge in [-0.2, -0.15) is 0 Å². The Bertz CT molecular complexity index is 1460. The third kappa shape index (κ3) is 5.68. The summed E-state index contributed by atoms with van der Waals surface area (Å²) in [5.74, 6) is -0.661. The first-order valence-corrected chi connectivity index (χ1v) is 15.1. The summed E-state index contributed by atoms with van der Waals surface area (Å²) in [6, 6.07) is 13.4. The van der Waals surface area contributed by atoms with Gasteiger partial charge in [0.2, 0.25) is 0 Å². The van der Waals surface area contributed by atoms with Gasteiger partial charge < -0.3 is 14.7 Å². The van der Waals surface area contributed by atoms with Crippen LogP contribution in [0.5, 0.6) is 0 Å². The monoisotopic (exact) mass is 612 g/mol. The Hall–Kier alpha value is -2.59. The molecule has 1 N–H and O–H groups in total. The molecule has 1 amide bonds. The van der Waals surface area contributed by atoms with Crippen LogP contribution < -0.4 is 0 Å². The lowest BCUT2D eigenvalue weighted by Gasteiger charge is -2.40. The second-order valence-corrected chi connectivity index (χ2v) is 12.9. The van der Waals surface area contributed by atoms with Crippen molar-refractivity contribution < 1.29 is 19.0 Å². The molecular weight excluding hydrogens is 578 g/mol. The summed E-state index contributed by atoms with van der Waals surface area (Å²) >= 11 is 12.3. The number of hydrogen-bond donors (Lipinski definition) is 1. The van der Waals surface area contributed by atoms with E-state index in [0.29, 0.717) is 45.9 Å².